The van der Waals surface area contributed by atoms with Gasteiger partial charge in [0.05, 0.1) is 11.5 Å². The van der Waals surface area contributed by atoms with Gasteiger partial charge in [0.1, 0.15) is 0 Å². The summed E-state index contributed by atoms with van der Waals surface area (Å²) in [4.78, 5) is 0.355. The molecule has 6 heteroatoms. The number of benzene rings is 1. The van der Waals surface area contributed by atoms with Gasteiger partial charge in [-0.2, -0.15) is 4.31 Å². The second kappa shape index (κ2) is 6.67. The average molecular weight is 298 g/mol. The third-order valence-corrected chi connectivity index (χ3v) is 5.67. The van der Waals surface area contributed by atoms with E-state index in [1.54, 1.807) is 26.3 Å². The summed E-state index contributed by atoms with van der Waals surface area (Å²) in [7, 11) is -0.0828. The molecule has 0 spiro atoms. The largest absolute Gasteiger partial charge is 0.384 e. The highest BCUT2D eigenvalue weighted by molar-refractivity contribution is 7.89. The van der Waals surface area contributed by atoms with Crippen molar-refractivity contribution < 1.29 is 13.2 Å². The molecular formula is C14H22N2O3S. The topological polar surface area (TPSA) is 58.6 Å². The van der Waals surface area contributed by atoms with Crippen molar-refractivity contribution in [3.63, 3.8) is 0 Å². The first-order valence-corrected chi connectivity index (χ1v) is 8.26. The molecule has 5 nitrogen and oxygen atoms in total. The normalized spacial score (nSPS) is 19.6. The Morgan fingerprint density at radius 1 is 1.35 bits per heavy atom. The Morgan fingerprint density at radius 2 is 2.05 bits per heavy atom. The Kier molecular flexibility index (Phi) is 5.15. The van der Waals surface area contributed by atoms with E-state index >= 15 is 0 Å². The molecule has 20 heavy (non-hydrogen) atoms. The maximum atomic E-state index is 12.5. The Balaban J connectivity index is 2.12. The third-order valence-electron chi connectivity index (χ3n) is 3.74. The van der Waals surface area contributed by atoms with Crippen LogP contribution in [0, 0.1) is 0 Å². The van der Waals surface area contributed by atoms with Crippen molar-refractivity contribution in [1.82, 2.24) is 9.62 Å². The molecule has 0 aromatic heterocycles. The number of hydrogen-bond donors (Lipinski definition) is 1. The quantitative estimate of drug-likeness (QED) is 0.846. The Hall–Kier alpha value is -0.950. The highest BCUT2D eigenvalue weighted by Gasteiger charge is 2.29. The summed E-state index contributed by atoms with van der Waals surface area (Å²) in [5.74, 6) is 0. The zero-order valence-corrected chi connectivity index (χ0v) is 12.8. The summed E-state index contributed by atoms with van der Waals surface area (Å²) >= 11 is 0. The molecule has 1 heterocycles. The van der Waals surface area contributed by atoms with E-state index in [1.807, 2.05) is 12.1 Å². The van der Waals surface area contributed by atoms with Crippen molar-refractivity contribution in [3.8, 4) is 0 Å². The number of nitrogens with zero attached hydrogens (tertiary/aromatic N) is 1. The first-order chi connectivity index (χ1) is 9.55. The van der Waals surface area contributed by atoms with Crippen molar-refractivity contribution in [2.24, 2.45) is 0 Å². The fourth-order valence-electron chi connectivity index (χ4n) is 2.36. The number of rotatable bonds is 6. The molecule has 0 saturated carbocycles. The Morgan fingerprint density at radius 3 is 2.60 bits per heavy atom. The molecule has 0 bridgehead atoms. The van der Waals surface area contributed by atoms with Crippen LogP contribution in [0.4, 0.5) is 0 Å². The smallest absolute Gasteiger partial charge is 0.243 e. The molecular weight excluding hydrogens is 276 g/mol. The van der Waals surface area contributed by atoms with Crippen molar-refractivity contribution in [2.45, 2.75) is 23.8 Å². The van der Waals surface area contributed by atoms with Crippen molar-refractivity contribution >= 4 is 10.0 Å². The van der Waals surface area contributed by atoms with Crippen LogP contribution in [-0.4, -0.2) is 52.6 Å². The zero-order valence-electron chi connectivity index (χ0n) is 12.0. The van der Waals surface area contributed by atoms with Gasteiger partial charge in [-0.1, -0.05) is 12.1 Å². The van der Waals surface area contributed by atoms with Crippen molar-refractivity contribution in [3.05, 3.63) is 29.8 Å². The van der Waals surface area contributed by atoms with Gasteiger partial charge in [0.25, 0.3) is 0 Å². The van der Waals surface area contributed by atoms with Crippen LogP contribution in [0.25, 0.3) is 0 Å². The molecule has 1 N–H and O–H groups in total. The fourth-order valence-corrected chi connectivity index (χ4v) is 3.75. The van der Waals surface area contributed by atoms with Crippen LogP contribution in [-0.2, 0) is 21.2 Å². The molecule has 1 aliphatic rings. The summed E-state index contributed by atoms with van der Waals surface area (Å²) in [6.07, 6.45) is 1.65. The summed E-state index contributed by atoms with van der Waals surface area (Å²) in [5.41, 5.74) is 1.08. The molecule has 1 aromatic rings. The highest BCUT2D eigenvalue weighted by atomic mass is 32.2. The number of hydrogen-bond acceptors (Lipinski definition) is 4. The summed E-state index contributed by atoms with van der Waals surface area (Å²) in [6.45, 7) is 2.24. The van der Waals surface area contributed by atoms with Crippen LogP contribution in [0.2, 0.25) is 0 Å². The van der Waals surface area contributed by atoms with Crippen LogP contribution < -0.4 is 5.32 Å². The molecule has 1 atom stereocenters. The number of ether oxygens (including phenoxy) is 1. The molecule has 1 aliphatic heterocycles. The lowest BCUT2D eigenvalue weighted by molar-refractivity contribution is 0.202. The van der Waals surface area contributed by atoms with E-state index in [9.17, 15) is 8.42 Å². The lowest BCUT2D eigenvalue weighted by atomic mass is 10.2. The molecule has 0 radical (unpaired) electrons. The number of nitrogens with one attached hydrogen (secondary N) is 1. The summed E-state index contributed by atoms with van der Waals surface area (Å²) in [6, 6.07) is 7.12. The molecule has 0 aliphatic carbocycles. The van der Waals surface area contributed by atoms with E-state index in [4.69, 9.17) is 4.74 Å². The van der Waals surface area contributed by atoms with E-state index in [0.717, 1.165) is 31.5 Å². The van der Waals surface area contributed by atoms with Gasteiger partial charge in [0.15, 0.2) is 0 Å². The van der Waals surface area contributed by atoms with Crippen LogP contribution in [0.5, 0.6) is 0 Å². The van der Waals surface area contributed by atoms with Crippen molar-refractivity contribution in [1.29, 1.82) is 0 Å². The van der Waals surface area contributed by atoms with E-state index in [0.29, 0.717) is 11.5 Å². The fraction of sp³-hybridized carbons (Fsp3) is 0.571. The summed E-state index contributed by atoms with van der Waals surface area (Å²) in [5, 5.41) is 3.19. The van der Waals surface area contributed by atoms with E-state index in [1.165, 1.54) is 4.31 Å². The molecule has 1 fully saturated rings. The zero-order chi connectivity index (χ0) is 14.6. The third kappa shape index (κ3) is 3.38. The minimum absolute atomic E-state index is 0.0492. The molecule has 1 aromatic carbocycles. The van der Waals surface area contributed by atoms with Gasteiger partial charge in [-0.3, -0.25) is 0 Å². The van der Waals surface area contributed by atoms with Gasteiger partial charge in [-0.05, 0) is 37.1 Å². The molecule has 112 valence electrons. The van der Waals surface area contributed by atoms with Gasteiger partial charge in [-0.25, -0.2) is 8.42 Å². The first-order valence-electron chi connectivity index (χ1n) is 6.82. The Labute approximate surface area is 121 Å². The van der Waals surface area contributed by atoms with Gasteiger partial charge in [0.2, 0.25) is 10.0 Å². The average Bonchev–Trinajstić information content (AvgIpc) is 2.98. The molecule has 1 unspecified atom stereocenters. The van der Waals surface area contributed by atoms with E-state index in [2.05, 4.69) is 5.32 Å². The SMILES string of the molecule is COCCc1ccc(S(=O)(=O)N(C)C2CCNC2)cc1. The predicted molar refractivity (Wildman–Crippen MR) is 78.2 cm³/mol. The molecule has 2 rings (SSSR count). The number of sulfonamides is 1. The number of methoxy groups -OCH3 is 1. The van der Waals surface area contributed by atoms with Crippen LogP contribution in [0.1, 0.15) is 12.0 Å². The van der Waals surface area contributed by atoms with Crippen LogP contribution in [0.3, 0.4) is 0 Å². The monoisotopic (exact) mass is 298 g/mol. The summed E-state index contributed by atoms with van der Waals surface area (Å²) < 4.78 is 31.5. The molecule has 0 amide bonds. The maximum Gasteiger partial charge on any atom is 0.243 e. The van der Waals surface area contributed by atoms with Gasteiger partial charge in [0, 0.05) is 26.7 Å². The number of likely N-dealkylation sites (N-methyl/N-ethyl adjacent to an activating group) is 1. The van der Waals surface area contributed by atoms with Crippen LogP contribution >= 0.6 is 0 Å². The van der Waals surface area contributed by atoms with Crippen LogP contribution in [0.15, 0.2) is 29.2 Å². The maximum absolute atomic E-state index is 12.5. The highest BCUT2D eigenvalue weighted by Crippen LogP contribution is 2.19. The second-order valence-corrected chi connectivity index (χ2v) is 7.05. The van der Waals surface area contributed by atoms with E-state index < -0.39 is 10.0 Å². The van der Waals surface area contributed by atoms with Crippen molar-refractivity contribution in [2.75, 3.05) is 33.9 Å². The minimum atomic E-state index is -3.40. The predicted octanol–water partition coefficient (Wildman–Crippen LogP) is 0.858. The van der Waals surface area contributed by atoms with E-state index in [-0.39, 0.29) is 6.04 Å². The lowest BCUT2D eigenvalue weighted by Gasteiger charge is -2.23. The second-order valence-electron chi connectivity index (χ2n) is 5.05. The van der Waals surface area contributed by atoms with Gasteiger partial charge < -0.3 is 10.1 Å². The minimum Gasteiger partial charge on any atom is -0.384 e. The van der Waals surface area contributed by atoms with Gasteiger partial charge >= 0.3 is 0 Å². The standard InChI is InChI=1S/C14H22N2O3S/c1-16(13-7-9-15-11-13)20(17,18)14-5-3-12(4-6-14)8-10-19-2/h3-6,13,15H,7-11H2,1-2H3. The lowest BCUT2D eigenvalue weighted by Crippen LogP contribution is -2.38. The van der Waals surface area contributed by atoms with Gasteiger partial charge in [-0.15, -0.1) is 0 Å². The molecule has 1 saturated heterocycles. The first kappa shape index (κ1) is 15.4. The Bertz CT molecular complexity index is 522.